The predicted molar refractivity (Wildman–Crippen MR) is 86.5 cm³/mol. The summed E-state index contributed by atoms with van der Waals surface area (Å²) in [6.45, 7) is 5.39. The number of aliphatic imine (C=N–C) groups is 1. The molecule has 0 aromatic rings. The van der Waals surface area contributed by atoms with Crippen LogP contribution in [0.1, 0.15) is 40.0 Å². The first-order chi connectivity index (χ1) is 10.7. The number of amides is 1. The fraction of sp³-hybridized carbons (Fsp3) is 0.800. The fourth-order valence-electron chi connectivity index (χ4n) is 3.64. The molecule has 0 radical (unpaired) electrons. The van der Waals surface area contributed by atoms with E-state index >= 15 is 0 Å². The average molecular weight is 328 g/mol. The Morgan fingerprint density at radius 1 is 1.30 bits per heavy atom. The summed E-state index contributed by atoms with van der Waals surface area (Å²) in [6, 6.07) is -0.913. The second-order valence-electron chi connectivity index (χ2n) is 6.17. The van der Waals surface area contributed by atoms with Crippen LogP contribution in [-0.2, 0) is 9.59 Å². The van der Waals surface area contributed by atoms with E-state index in [4.69, 9.17) is 11.5 Å². The smallest absolute Gasteiger partial charge is 0.309 e. The van der Waals surface area contributed by atoms with Crippen molar-refractivity contribution in [3.05, 3.63) is 0 Å². The third-order valence-electron chi connectivity index (χ3n) is 4.72. The number of nitrogens with zero attached hydrogens (tertiary/aromatic N) is 1. The first-order valence-corrected chi connectivity index (χ1v) is 7.99. The normalized spacial score (nSPS) is 28.4. The molecule has 1 aliphatic rings. The molecule has 0 aromatic heterocycles. The fourth-order valence-corrected chi connectivity index (χ4v) is 3.64. The summed E-state index contributed by atoms with van der Waals surface area (Å²) in [7, 11) is 0. The third kappa shape index (κ3) is 4.57. The highest BCUT2D eigenvalue weighted by Gasteiger charge is 2.50. The monoisotopic (exact) mass is 328 g/mol. The summed E-state index contributed by atoms with van der Waals surface area (Å²) < 4.78 is 0. The highest BCUT2D eigenvalue weighted by atomic mass is 16.4. The molecule has 1 fully saturated rings. The summed E-state index contributed by atoms with van der Waals surface area (Å²) in [4.78, 5) is 27.1. The SMILES string of the molecule is CCC(CC)C(NC(C)=O)[C@H]1[C@@H](O)[C@@H](C(=O)O)C[C@H]1N=C(N)N. The summed E-state index contributed by atoms with van der Waals surface area (Å²) in [5.74, 6) is -2.84. The van der Waals surface area contributed by atoms with Crippen LogP contribution in [0.2, 0.25) is 0 Å². The zero-order valence-electron chi connectivity index (χ0n) is 13.9. The van der Waals surface area contributed by atoms with Crippen LogP contribution in [0.5, 0.6) is 0 Å². The lowest BCUT2D eigenvalue weighted by atomic mass is 9.80. The molecule has 0 aliphatic heterocycles. The molecular formula is C15H28N4O4. The zero-order valence-corrected chi connectivity index (χ0v) is 13.9. The molecule has 0 bridgehead atoms. The van der Waals surface area contributed by atoms with Crippen LogP contribution < -0.4 is 16.8 Å². The first-order valence-electron chi connectivity index (χ1n) is 7.99. The van der Waals surface area contributed by atoms with Crippen molar-refractivity contribution < 1.29 is 19.8 Å². The molecule has 1 rings (SSSR count). The number of carbonyl (C=O) groups is 2. The number of carboxylic acids is 1. The standard InChI is InChI=1S/C15H28N4O4/c1-4-8(5-2)12(18-7(3)20)11-10(19-15(16)17)6-9(13(11)21)14(22)23/h8-13,21H,4-6H2,1-3H3,(H,18,20)(H,22,23)(H4,16,17,19)/t9-,10+,11-,12?,13-/m0/s1. The van der Waals surface area contributed by atoms with Crippen molar-refractivity contribution in [2.24, 2.45) is 34.2 Å². The molecule has 1 unspecified atom stereocenters. The summed E-state index contributed by atoms with van der Waals surface area (Å²) in [6.07, 6.45) is 0.612. The Balaban J connectivity index is 3.23. The molecule has 5 atom stereocenters. The third-order valence-corrected chi connectivity index (χ3v) is 4.72. The molecule has 0 spiro atoms. The van der Waals surface area contributed by atoms with Crippen molar-refractivity contribution in [2.45, 2.75) is 58.2 Å². The van der Waals surface area contributed by atoms with Crippen molar-refractivity contribution in [1.82, 2.24) is 5.32 Å². The maximum absolute atomic E-state index is 11.6. The number of carboxylic acid groups (broad SMARTS) is 1. The summed E-state index contributed by atoms with van der Waals surface area (Å²) >= 11 is 0. The lowest BCUT2D eigenvalue weighted by molar-refractivity contribution is -0.145. The van der Waals surface area contributed by atoms with E-state index in [1.54, 1.807) is 0 Å². The van der Waals surface area contributed by atoms with Crippen molar-refractivity contribution in [2.75, 3.05) is 0 Å². The number of guanidine groups is 1. The molecule has 8 heteroatoms. The molecule has 1 amide bonds. The largest absolute Gasteiger partial charge is 0.481 e. The molecular weight excluding hydrogens is 300 g/mol. The molecule has 1 aliphatic carbocycles. The number of nitrogens with two attached hydrogens (primary N) is 2. The van der Waals surface area contributed by atoms with Gasteiger partial charge in [0, 0.05) is 18.9 Å². The number of aliphatic carboxylic acids is 1. The minimum atomic E-state index is -1.11. The molecule has 1 saturated carbocycles. The van der Waals surface area contributed by atoms with E-state index in [-0.39, 0.29) is 30.2 Å². The summed E-state index contributed by atoms with van der Waals surface area (Å²) in [5, 5.41) is 22.7. The Bertz CT molecular complexity index is 460. The van der Waals surface area contributed by atoms with Crippen molar-refractivity contribution >= 4 is 17.8 Å². The number of hydrogen-bond acceptors (Lipinski definition) is 4. The molecule has 0 aromatic carbocycles. The van der Waals surface area contributed by atoms with Crippen molar-refractivity contribution in [3.8, 4) is 0 Å². The number of carbonyl (C=O) groups excluding carboxylic acids is 1. The van der Waals surface area contributed by atoms with E-state index < -0.39 is 30.0 Å². The van der Waals surface area contributed by atoms with Crippen molar-refractivity contribution in [1.29, 1.82) is 0 Å². The van der Waals surface area contributed by atoms with Gasteiger partial charge in [-0.2, -0.15) is 0 Å². The minimum absolute atomic E-state index is 0.0998. The van der Waals surface area contributed by atoms with Crippen LogP contribution in [0.25, 0.3) is 0 Å². The zero-order chi connectivity index (χ0) is 17.7. The van der Waals surface area contributed by atoms with Gasteiger partial charge in [0.2, 0.25) is 5.91 Å². The van der Waals surface area contributed by atoms with Gasteiger partial charge in [0.05, 0.1) is 18.1 Å². The Hall–Kier alpha value is -1.83. The van der Waals surface area contributed by atoms with Crippen LogP contribution in [0.4, 0.5) is 0 Å². The van der Waals surface area contributed by atoms with Gasteiger partial charge in [-0.1, -0.05) is 26.7 Å². The van der Waals surface area contributed by atoms with E-state index in [1.165, 1.54) is 6.92 Å². The molecule has 0 saturated heterocycles. The van der Waals surface area contributed by atoms with E-state index in [9.17, 15) is 19.8 Å². The summed E-state index contributed by atoms with van der Waals surface area (Å²) in [5.41, 5.74) is 10.9. The van der Waals surface area contributed by atoms with Crippen LogP contribution in [0.3, 0.4) is 0 Å². The topological polar surface area (TPSA) is 151 Å². The van der Waals surface area contributed by atoms with Crippen LogP contribution in [0.15, 0.2) is 4.99 Å². The quantitative estimate of drug-likeness (QED) is 0.318. The first kappa shape index (κ1) is 19.2. The van der Waals surface area contributed by atoms with Gasteiger partial charge in [-0.25, -0.2) is 4.99 Å². The highest BCUT2D eigenvalue weighted by Crippen LogP contribution is 2.39. The lowest BCUT2D eigenvalue weighted by Crippen LogP contribution is -2.51. The maximum atomic E-state index is 11.6. The molecule has 23 heavy (non-hydrogen) atoms. The van der Waals surface area contributed by atoms with E-state index in [0.29, 0.717) is 0 Å². The Morgan fingerprint density at radius 3 is 2.26 bits per heavy atom. The minimum Gasteiger partial charge on any atom is -0.481 e. The molecule has 7 N–H and O–H groups in total. The van der Waals surface area contributed by atoms with Gasteiger partial charge in [-0.05, 0) is 12.3 Å². The van der Waals surface area contributed by atoms with Gasteiger partial charge in [-0.15, -0.1) is 0 Å². The number of aliphatic hydroxyl groups excluding tert-OH is 1. The second-order valence-corrected chi connectivity index (χ2v) is 6.17. The van der Waals surface area contributed by atoms with Gasteiger partial charge in [-0.3, -0.25) is 9.59 Å². The van der Waals surface area contributed by atoms with Gasteiger partial charge >= 0.3 is 5.97 Å². The van der Waals surface area contributed by atoms with E-state index in [2.05, 4.69) is 10.3 Å². The van der Waals surface area contributed by atoms with Gasteiger partial charge in [0.15, 0.2) is 5.96 Å². The molecule has 132 valence electrons. The number of aliphatic hydroxyl groups is 1. The van der Waals surface area contributed by atoms with E-state index in [0.717, 1.165) is 12.8 Å². The number of hydrogen-bond donors (Lipinski definition) is 5. The van der Waals surface area contributed by atoms with Gasteiger partial charge in [0.25, 0.3) is 0 Å². The van der Waals surface area contributed by atoms with Gasteiger partial charge in [0.1, 0.15) is 0 Å². The predicted octanol–water partition coefficient (Wildman–Crippen LogP) is -0.349. The van der Waals surface area contributed by atoms with Gasteiger partial charge < -0.3 is 27.0 Å². The Kier molecular flexibility index (Phi) is 6.80. The Labute approximate surface area is 136 Å². The van der Waals surface area contributed by atoms with Crippen LogP contribution in [-0.4, -0.2) is 46.2 Å². The lowest BCUT2D eigenvalue weighted by Gasteiger charge is -2.35. The number of nitrogens with one attached hydrogen (secondary N) is 1. The number of rotatable bonds is 7. The highest BCUT2D eigenvalue weighted by molar-refractivity contribution is 5.76. The molecule has 8 nitrogen and oxygen atoms in total. The second kappa shape index (κ2) is 8.14. The average Bonchev–Trinajstić information content (AvgIpc) is 2.74. The van der Waals surface area contributed by atoms with Crippen molar-refractivity contribution in [3.63, 3.8) is 0 Å². The van der Waals surface area contributed by atoms with Crippen LogP contribution >= 0.6 is 0 Å². The molecule has 0 heterocycles. The van der Waals surface area contributed by atoms with Crippen LogP contribution in [0, 0.1) is 17.8 Å². The maximum Gasteiger partial charge on any atom is 0.309 e. The van der Waals surface area contributed by atoms with E-state index in [1.807, 2.05) is 13.8 Å². The Morgan fingerprint density at radius 2 is 1.87 bits per heavy atom.